The minimum Gasteiger partial charge on any atom is -0.380 e. The van der Waals surface area contributed by atoms with Crippen LogP contribution in [0.2, 0.25) is 0 Å². The van der Waals surface area contributed by atoms with Crippen LogP contribution in [0.1, 0.15) is 48.4 Å². The molecule has 0 unspecified atom stereocenters. The van der Waals surface area contributed by atoms with E-state index in [4.69, 9.17) is 10.00 Å². The maximum atomic E-state index is 14.5. The first-order valence-electron chi connectivity index (χ1n) is 8.11. The van der Waals surface area contributed by atoms with E-state index in [-0.39, 0.29) is 12.1 Å². The van der Waals surface area contributed by atoms with Crippen LogP contribution in [0.15, 0.2) is 18.2 Å². The van der Waals surface area contributed by atoms with Crippen molar-refractivity contribution < 1.29 is 9.13 Å². The van der Waals surface area contributed by atoms with E-state index in [9.17, 15) is 4.39 Å². The number of H-pyrrole nitrogens is 1. The molecule has 2 fully saturated rings. The van der Waals surface area contributed by atoms with Gasteiger partial charge in [0, 0.05) is 26.0 Å². The lowest BCUT2D eigenvalue weighted by Gasteiger charge is -2.25. The Kier molecular flexibility index (Phi) is 3.69. The number of benzene rings is 1. The van der Waals surface area contributed by atoms with Crippen LogP contribution in [0.5, 0.6) is 0 Å². The summed E-state index contributed by atoms with van der Waals surface area (Å²) in [5.74, 6) is 1.67. The number of halogens is 1. The van der Waals surface area contributed by atoms with E-state index in [0.717, 1.165) is 30.9 Å². The topological polar surface area (TPSA) is 77.8 Å². The third-order valence-electron chi connectivity index (χ3n) is 4.76. The maximum absolute atomic E-state index is 14.5. The number of hydrogen-bond donors (Lipinski definition) is 1. The van der Waals surface area contributed by atoms with Crippen molar-refractivity contribution in [3.63, 3.8) is 0 Å². The molecule has 124 valence electrons. The predicted octanol–water partition coefficient (Wildman–Crippen LogP) is 2.66. The minimum atomic E-state index is -0.405. The number of ether oxygens (including phenoxy) is 1. The van der Waals surface area contributed by atoms with E-state index in [1.807, 2.05) is 11.0 Å². The standard InChI is InChI=1S/C17H18FN5O/c1-24-12-7-15(17-20-16(21-22-17)11-3-4-11)23(9-12)14-5-2-10(8-19)6-13(14)18/h2,5-6,11-12,15H,3-4,7,9H2,1H3,(H,20,21,22)/t12-,15+/m1/s1. The lowest BCUT2D eigenvalue weighted by atomic mass is 10.1. The molecule has 0 bridgehead atoms. The Labute approximate surface area is 139 Å². The summed E-state index contributed by atoms with van der Waals surface area (Å²) in [6.45, 7) is 0.573. The summed E-state index contributed by atoms with van der Waals surface area (Å²) in [4.78, 5) is 6.57. The van der Waals surface area contributed by atoms with Crippen LogP contribution in [-0.4, -0.2) is 34.9 Å². The second-order valence-electron chi connectivity index (χ2n) is 6.39. The highest BCUT2D eigenvalue weighted by Gasteiger charge is 2.38. The highest BCUT2D eigenvalue weighted by Crippen LogP contribution is 2.40. The molecule has 1 aliphatic heterocycles. The molecule has 2 heterocycles. The van der Waals surface area contributed by atoms with Gasteiger partial charge in [0.15, 0.2) is 5.82 Å². The van der Waals surface area contributed by atoms with Crippen molar-refractivity contribution in [1.29, 1.82) is 5.26 Å². The Balaban J connectivity index is 1.67. The molecule has 2 aliphatic rings. The van der Waals surface area contributed by atoms with Gasteiger partial charge in [-0.05, 0) is 31.0 Å². The summed E-state index contributed by atoms with van der Waals surface area (Å²) >= 11 is 0. The van der Waals surface area contributed by atoms with Crippen molar-refractivity contribution in [2.75, 3.05) is 18.6 Å². The first kappa shape index (κ1) is 15.1. The highest BCUT2D eigenvalue weighted by molar-refractivity contribution is 5.53. The van der Waals surface area contributed by atoms with Crippen LogP contribution in [0.25, 0.3) is 0 Å². The van der Waals surface area contributed by atoms with Gasteiger partial charge in [-0.2, -0.15) is 10.4 Å². The second kappa shape index (κ2) is 5.87. The van der Waals surface area contributed by atoms with Crippen LogP contribution in [0, 0.1) is 17.1 Å². The second-order valence-corrected chi connectivity index (χ2v) is 6.39. The normalized spacial score (nSPS) is 23.5. The molecular weight excluding hydrogens is 309 g/mol. The molecule has 6 nitrogen and oxygen atoms in total. The molecule has 7 heteroatoms. The zero-order valence-corrected chi connectivity index (χ0v) is 13.4. The Hall–Kier alpha value is -2.46. The third-order valence-corrected chi connectivity index (χ3v) is 4.76. The molecule has 1 aliphatic carbocycles. The average Bonchev–Trinajstić information content (AvgIpc) is 3.18. The number of hydrogen-bond acceptors (Lipinski definition) is 5. The van der Waals surface area contributed by atoms with Gasteiger partial charge in [0.2, 0.25) is 0 Å². The van der Waals surface area contributed by atoms with Crippen molar-refractivity contribution in [1.82, 2.24) is 15.2 Å². The molecule has 1 saturated heterocycles. The van der Waals surface area contributed by atoms with Gasteiger partial charge in [0.05, 0.1) is 29.5 Å². The van der Waals surface area contributed by atoms with Crippen LogP contribution in [0.4, 0.5) is 10.1 Å². The van der Waals surface area contributed by atoms with E-state index < -0.39 is 5.82 Å². The van der Waals surface area contributed by atoms with Crippen LogP contribution in [0.3, 0.4) is 0 Å². The lowest BCUT2D eigenvalue weighted by Crippen LogP contribution is -2.26. The van der Waals surface area contributed by atoms with Gasteiger partial charge in [-0.1, -0.05) is 0 Å². The summed E-state index contributed by atoms with van der Waals surface area (Å²) < 4.78 is 20.0. The Bertz CT molecular complexity index is 795. The predicted molar refractivity (Wildman–Crippen MR) is 85.0 cm³/mol. The third kappa shape index (κ3) is 2.63. The van der Waals surface area contributed by atoms with E-state index in [1.54, 1.807) is 19.2 Å². The van der Waals surface area contributed by atoms with E-state index in [1.165, 1.54) is 6.07 Å². The summed E-state index contributed by atoms with van der Waals surface area (Å²) in [6.07, 6.45) is 2.99. The van der Waals surface area contributed by atoms with Crippen molar-refractivity contribution >= 4 is 5.69 Å². The minimum absolute atomic E-state index is 0.000446. The molecule has 1 aromatic carbocycles. The van der Waals surface area contributed by atoms with Crippen LogP contribution < -0.4 is 4.90 Å². The molecule has 0 radical (unpaired) electrons. The Morgan fingerprint density at radius 1 is 1.42 bits per heavy atom. The molecule has 2 atom stereocenters. The molecular formula is C17H18FN5O. The SMILES string of the molecule is CO[C@@H]1C[C@@H](c2nc(C3CC3)n[nH]2)N(c2ccc(C#N)cc2F)C1. The summed E-state index contributed by atoms with van der Waals surface area (Å²) in [7, 11) is 1.66. The summed E-state index contributed by atoms with van der Waals surface area (Å²) in [5, 5.41) is 16.2. The first-order valence-corrected chi connectivity index (χ1v) is 8.11. The van der Waals surface area contributed by atoms with Gasteiger partial charge in [-0.15, -0.1) is 0 Å². The first-order chi connectivity index (χ1) is 11.7. The molecule has 1 saturated carbocycles. The summed E-state index contributed by atoms with van der Waals surface area (Å²) in [6, 6.07) is 6.39. The van der Waals surface area contributed by atoms with Gasteiger partial charge in [0.25, 0.3) is 0 Å². The van der Waals surface area contributed by atoms with Crippen molar-refractivity contribution in [3.05, 3.63) is 41.2 Å². The van der Waals surface area contributed by atoms with Gasteiger partial charge < -0.3 is 9.64 Å². The number of nitrogens with one attached hydrogen (secondary N) is 1. The smallest absolute Gasteiger partial charge is 0.153 e. The van der Waals surface area contributed by atoms with Gasteiger partial charge in [-0.25, -0.2) is 9.37 Å². The van der Waals surface area contributed by atoms with E-state index in [2.05, 4.69) is 15.2 Å². The largest absolute Gasteiger partial charge is 0.380 e. The molecule has 1 N–H and O–H groups in total. The lowest BCUT2D eigenvalue weighted by molar-refractivity contribution is 0.118. The monoisotopic (exact) mass is 327 g/mol. The molecule has 0 spiro atoms. The number of aromatic nitrogens is 3. The number of rotatable bonds is 4. The van der Waals surface area contributed by atoms with Crippen molar-refractivity contribution in [3.8, 4) is 6.07 Å². The average molecular weight is 327 g/mol. The molecule has 0 amide bonds. The fourth-order valence-electron chi connectivity index (χ4n) is 3.26. The van der Waals surface area contributed by atoms with Gasteiger partial charge >= 0.3 is 0 Å². The maximum Gasteiger partial charge on any atom is 0.153 e. The zero-order chi connectivity index (χ0) is 16.7. The molecule has 2 aromatic rings. The van der Waals surface area contributed by atoms with E-state index >= 15 is 0 Å². The number of anilines is 1. The Morgan fingerprint density at radius 3 is 2.92 bits per heavy atom. The Morgan fingerprint density at radius 2 is 2.25 bits per heavy atom. The number of nitrogens with zero attached hydrogens (tertiary/aromatic N) is 4. The van der Waals surface area contributed by atoms with Gasteiger partial charge in [0.1, 0.15) is 11.6 Å². The number of methoxy groups -OCH3 is 1. The number of nitriles is 1. The quantitative estimate of drug-likeness (QED) is 0.934. The summed E-state index contributed by atoms with van der Waals surface area (Å²) in [5.41, 5.74) is 0.772. The fraction of sp³-hybridized carbons (Fsp3) is 0.471. The molecule has 24 heavy (non-hydrogen) atoms. The fourth-order valence-corrected chi connectivity index (χ4v) is 3.26. The van der Waals surface area contributed by atoms with E-state index in [0.29, 0.717) is 23.7 Å². The van der Waals surface area contributed by atoms with Crippen LogP contribution >= 0.6 is 0 Å². The van der Waals surface area contributed by atoms with Crippen molar-refractivity contribution in [2.45, 2.75) is 37.3 Å². The number of aromatic amines is 1. The molecule has 4 rings (SSSR count). The van der Waals surface area contributed by atoms with Crippen LogP contribution in [-0.2, 0) is 4.74 Å². The molecule has 1 aromatic heterocycles. The zero-order valence-electron chi connectivity index (χ0n) is 13.4. The highest BCUT2D eigenvalue weighted by atomic mass is 19.1. The van der Waals surface area contributed by atoms with Gasteiger partial charge in [-0.3, -0.25) is 5.10 Å². The van der Waals surface area contributed by atoms with Crippen molar-refractivity contribution in [2.24, 2.45) is 0 Å².